The van der Waals surface area contributed by atoms with Crippen LogP contribution in [0.15, 0.2) is 48.5 Å². The number of nitrogens with zero attached hydrogens (tertiary/aromatic N) is 1. The smallest absolute Gasteiger partial charge is 0.261 e. The van der Waals surface area contributed by atoms with Crippen LogP contribution >= 0.6 is 11.6 Å². The molecule has 3 atom stereocenters. The van der Waals surface area contributed by atoms with Crippen molar-refractivity contribution in [1.29, 1.82) is 0 Å². The maximum atomic E-state index is 12.5. The lowest BCUT2D eigenvalue weighted by Gasteiger charge is -2.33. The van der Waals surface area contributed by atoms with E-state index in [0.717, 1.165) is 24.6 Å². The quantitative estimate of drug-likeness (QED) is 0.722. The lowest BCUT2D eigenvalue weighted by Crippen LogP contribution is -2.37. The van der Waals surface area contributed by atoms with E-state index in [1.54, 1.807) is 31.2 Å². The van der Waals surface area contributed by atoms with Crippen molar-refractivity contribution in [3.63, 3.8) is 0 Å². The highest BCUT2D eigenvalue weighted by Gasteiger charge is 2.19. The zero-order valence-electron chi connectivity index (χ0n) is 16.8. The Kier molecular flexibility index (Phi) is 6.84. The van der Waals surface area contributed by atoms with Crippen molar-refractivity contribution in [3.05, 3.63) is 59.1 Å². The van der Waals surface area contributed by atoms with E-state index in [1.165, 1.54) is 18.5 Å². The number of ether oxygens (including phenoxy) is 1. The van der Waals surface area contributed by atoms with Crippen molar-refractivity contribution in [3.8, 4) is 5.75 Å². The van der Waals surface area contributed by atoms with Crippen molar-refractivity contribution in [2.75, 3.05) is 18.0 Å². The van der Waals surface area contributed by atoms with Gasteiger partial charge < -0.3 is 15.0 Å². The normalized spacial score (nSPS) is 19.0. The molecule has 0 unspecified atom stereocenters. The van der Waals surface area contributed by atoms with E-state index in [9.17, 15) is 4.79 Å². The van der Waals surface area contributed by atoms with E-state index < -0.39 is 6.10 Å². The third-order valence-corrected chi connectivity index (χ3v) is 5.49. The van der Waals surface area contributed by atoms with Gasteiger partial charge >= 0.3 is 0 Å². The van der Waals surface area contributed by atoms with Gasteiger partial charge in [-0.05, 0) is 68.5 Å². The number of benzene rings is 2. The minimum atomic E-state index is -0.602. The fraction of sp³-hybridized carbons (Fsp3) is 0.435. The molecule has 0 radical (unpaired) electrons. The predicted octanol–water partition coefficient (Wildman–Crippen LogP) is 5.22. The maximum absolute atomic E-state index is 12.5. The average molecular weight is 401 g/mol. The van der Waals surface area contributed by atoms with E-state index in [2.05, 4.69) is 41.4 Å². The second kappa shape index (κ2) is 9.33. The Morgan fingerprint density at radius 1 is 1.21 bits per heavy atom. The fourth-order valence-electron chi connectivity index (χ4n) is 3.61. The van der Waals surface area contributed by atoms with Gasteiger partial charge in [-0.1, -0.05) is 36.7 Å². The molecule has 0 aliphatic carbocycles. The molecular weight excluding hydrogens is 372 g/mol. The largest absolute Gasteiger partial charge is 0.481 e. The number of amides is 1. The number of piperidine rings is 1. The number of nitrogens with one attached hydrogen (secondary N) is 1. The zero-order valence-corrected chi connectivity index (χ0v) is 17.6. The molecule has 3 rings (SSSR count). The maximum Gasteiger partial charge on any atom is 0.261 e. The summed E-state index contributed by atoms with van der Waals surface area (Å²) in [7, 11) is 0. The standard InChI is InChI=1S/C23H29ClN2O2/c1-16-6-5-13-26(15-16)21-11-9-19(10-12-21)17(2)25-23(27)18(3)28-22-8-4-7-20(24)14-22/h4,7-12,14,16-18H,5-6,13,15H2,1-3H3,(H,25,27)/t16-,17-,18+/m1/s1. The van der Waals surface area contributed by atoms with Gasteiger partial charge in [-0.15, -0.1) is 0 Å². The summed E-state index contributed by atoms with van der Waals surface area (Å²) in [6.07, 6.45) is 1.96. The van der Waals surface area contributed by atoms with Crippen molar-refractivity contribution in [2.24, 2.45) is 5.92 Å². The molecule has 1 N–H and O–H groups in total. The first-order valence-corrected chi connectivity index (χ1v) is 10.4. The van der Waals surface area contributed by atoms with Crippen LogP contribution in [0.3, 0.4) is 0 Å². The summed E-state index contributed by atoms with van der Waals surface area (Å²) in [5.74, 6) is 1.18. The molecule has 1 aliphatic heterocycles. The van der Waals surface area contributed by atoms with E-state index in [1.807, 2.05) is 6.92 Å². The first-order valence-electron chi connectivity index (χ1n) is 10.00. The number of hydrogen-bond donors (Lipinski definition) is 1. The first-order chi connectivity index (χ1) is 13.4. The van der Waals surface area contributed by atoms with Crippen LogP contribution in [0.25, 0.3) is 0 Å². The van der Waals surface area contributed by atoms with Gasteiger partial charge in [0.2, 0.25) is 0 Å². The van der Waals surface area contributed by atoms with Crippen LogP contribution in [0.4, 0.5) is 5.69 Å². The third kappa shape index (κ3) is 5.41. The summed E-state index contributed by atoms with van der Waals surface area (Å²) in [4.78, 5) is 14.9. The van der Waals surface area contributed by atoms with Crippen LogP contribution in [-0.2, 0) is 4.79 Å². The van der Waals surface area contributed by atoms with Gasteiger partial charge in [0.1, 0.15) is 5.75 Å². The summed E-state index contributed by atoms with van der Waals surface area (Å²) < 4.78 is 5.70. The number of carbonyl (C=O) groups excluding carboxylic acids is 1. The van der Waals surface area contributed by atoms with Gasteiger partial charge in [0, 0.05) is 23.8 Å². The number of hydrogen-bond acceptors (Lipinski definition) is 3. The molecule has 2 aromatic rings. The Labute approximate surface area is 172 Å². The molecule has 1 fully saturated rings. The van der Waals surface area contributed by atoms with Crippen LogP contribution < -0.4 is 15.0 Å². The van der Waals surface area contributed by atoms with Crippen molar-refractivity contribution >= 4 is 23.2 Å². The molecule has 1 saturated heterocycles. The predicted molar refractivity (Wildman–Crippen MR) is 115 cm³/mol. The Morgan fingerprint density at radius 3 is 2.64 bits per heavy atom. The molecule has 0 bridgehead atoms. The van der Waals surface area contributed by atoms with Crippen LogP contribution in [0.5, 0.6) is 5.75 Å². The number of halogens is 1. The molecule has 28 heavy (non-hydrogen) atoms. The molecule has 5 heteroatoms. The Balaban J connectivity index is 1.56. The number of anilines is 1. The number of rotatable bonds is 6. The van der Waals surface area contributed by atoms with E-state index in [4.69, 9.17) is 16.3 Å². The lowest BCUT2D eigenvalue weighted by molar-refractivity contribution is -0.127. The van der Waals surface area contributed by atoms with Gasteiger partial charge in [-0.3, -0.25) is 4.79 Å². The summed E-state index contributed by atoms with van der Waals surface area (Å²) in [5, 5.41) is 3.61. The Hall–Kier alpha value is -2.20. The molecule has 150 valence electrons. The molecule has 4 nitrogen and oxygen atoms in total. The minimum absolute atomic E-state index is 0.0905. The van der Waals surface area contributed by atoms with Gasteiger partial charge in [-0.2, -0.15) is 0 Å². The van der Waals surface area contributed by atoms with Gasteiger partial charge in [-0.25, -0.2) is 0 Å². The highest BCUT2D eigenvalue weighted by Crippen LogP contribution is 2.25. The highest BCUT2D eigenvalue weighted by molar-refractivity contribution is 6.30. The zero-order chi connectivity index (χ0) is 20.1. The van der Waals surface area contributed by atoms with Gasteiger partial charge in [0.25, 0.3) is 5.91 Å². The second-order valence-corrected chi connectivity index (χ2v) is 8.17. The third-order valence-electron chi connectivity index (χ3n) is 5.25. The summed E-state index contributed by atoms with van der Waals surface area (Å²) in [6, 6.07) is 15.5. The molecule has 1 aliphatic rings. The summed E-state index contributed by atoms with van der Waals surface area (Å²) in [5.41, 5.74) is 2.34. The van der Waals surface area contributed by atoms with Crippen LogP contribution in [0.2, 0.25) is 5.02 Å². The van der Waals surface area contributed by atoms with Crippen molar-refractivity contribution in [2.45, 2.75) is 45.8 Å². The SMILES string of the molecule is C[C@@H]1CCCN(c2ccc([C@@H](C)NC(=O)[C@H](C)Oc3cccc(Cl)c3)cc2)C1. The second-order valence-electron chi connectivity index (χ2n) is 7.73. The molecular formula is C23H29ClN2O2. The van der Waals surface area contributed by atoms with Crippen LogP contribution in [0, 0.1) is 5.92 Å². The highest BCUT2D eigenvalue weighted by atomic mass is 35.5. The first kappa shape index (κ1) is 20.5. The Bertz CT molecular complexity index is 793. The monoisotopic (exact) mass is 400 g/mol. The van der Waals surface area contributed by atoms with Crippen molar-refractivity contribution < 1.29 is 9.53 Å². The summed E-state index contributed by atoms with van der Waals surface area (Å²) in [6.45, 7) is 8.27. The molecule has 0 saturated carbocycles. The van der Waals surface area contributed by atoms with Crippen LogP contribution in [0.1, 0.15) is 45.2 Å². The molecule has 0 aromatic heterocycles. The average Bonchev–Trinajstić information content (AvgIpc) is 2.68. The Morgan fingerprint density at radius 2 is 1.96 bits per heavy atom. The van der Waals surface area contributed by atoms with E-state index in [-0.39, 0.29) is 11.9 Å². The molecule has 0 spiro atoms. The van der Waals surface area contributed by atoms with E-state index >= 15 is 0 Å². The molecule has 1 amide bonds. The van der Waals surface area contributed by atoms with Gasteiger partial charge in [0.15, 0.2) is 6.10 Å². The topological polar surface area (TPSA) is 41.6 Å². The van der Waals surface area contributed by atoms with Gasteiger partial charge in [0.05, 0.1) is 6.04 Å². The van der Waals surface area contributed by atoms with E-state index in [0.29, 0.717) is 10.8 Å². The lowest BCUT2D eigenvalue weighted by atomic mass is 9.99. The molecule has 1 heterocycles. The van der Waals surface area contributed by atoms with Crippen LogP contribution in [-0.4, -0.2) is 25.1 Å². The fourth-order valence-corrected chi connectivity index (χ4v) is 3.79. The summed E-state index contributed by atoms with van der Waals surface area (Å²) >= 11 is 5.97. The number of carbonyl (C=O) groups is 1. The molecule has 2 aromatic carbocycles. The minimum Gasteiger partial charge on any atom is -0.481 e. The van der Waals surface area contributed by atoms with Crippen molar-refractivity contribution in [1.82, 2.24) is 5.32 Å².